The second-order valence-electron chi connectivity index (χ2n) is 7.98. The molecule has 3 aromatic rings. The van der Waals surface area contributed by atoms with Crippen LogP contribution in [-0.2, 0) is 6.42 Å². The lowest BCUT2D eigenvalue weighted by atomic mass is 9.84. The number of nitrogens with zero attached hydrogens (tertiary/aromatic N) is 2. The molecule has 30 heavy (non-hydrogen) atoms. The van der Waals surface area contributed by atoms with Crippen LogP contribution >= 0.6 is 22.9 Å². The van der Waals surface area contributed by atoms with Crippen molar-refractivity contribution in [1.29, 1.82) is 0 Å². The minimum Gasteiger partial charge on any atom is -0.489 e. The van der Waals surface area contributed by atoms with Crippen molar-refractivity contribution in [3.05, 3.63) is 52.5 Å². The first-order valence-electron chi connectivity index (χ1n) is 10.7. The van der Waals surface area contributed by atoms with Gasteiger partial charge in [0.15, 0.2) is 0 Å². The molecule has 2 heterocycles. The molecule has 1 aliphatic rings. The molecule has 4 nitrogen and oxygen atoms in total. The second kappa shape index (κ2) is 9.46. The van der Waals surface area contributed by atoms with Crippen LogP contribution in [0.2, 0.25) is 5.02 Å². The summed E-state index contributed by atoms with van der Waals surface area (Å²) in [7, 11) is 0. The van der Waals surface area contributed by atoms with Crippen LogP contribution in [0.3, 0.4) is 0 Å². The van der Waals surface area contributed by atoms with E-state index >= 15 is 0 Å². The Kier molecular flexibility index (Phi) is 6.71. The van der Waals surface area contributed by atoms with Gasteiger partial charge in [-0.25, -0.2) is 0 Å². The van der Waals surface area contributed by atoms with Gasteiger partial charge < -0.3 is 10.1 Å². The molecule has 1 aromatic heterocycles. The van der Waals surface area contributed by atoms with E-state index in [2.05, 4.69) is 40.6 Å². The monoisotopic (exact) mass is 441 g/mol. The van der Waals surface area contributed by atoms with Gasteiger partial charge >= 0.3 is 0 Å². The Morgan fingerprint density at radius 2 is 1.90 bits per heavy atom. The van der Waals surface area contributed by atoms with E-state index in [1.807, 2.05) is 32.0 Å². The zero-order chi connectivity index (χ0) is 21.1. The maximum atomic E-state index is 6.43. The Balaban J connectivity index is 1.65. The molecule has 0 amide bonds. The molecule has 6 heteroatoms. The summed E-state index contributed by atoms with van der Waals surface area (Å²) >= 11 is 8.05. The molecule has 0 spiro atoms. The van der Waals surface area contributed by atoms with Gasteiger partial charge in [0.2, 0.25) is 0 Å². The number of hydrogen-bond acceptors (Lipinski definition) is 5. The Morgan fingerprint density at radius 1 is 1.13 bits per heavy atom. The topological polar surface area (TPSA) is 47.0 Å². The van der Waals surface area contributed by atoms with Gasteiger partial charge in [0.1, 0.15) is 15.8 Å². The summed E-state index contributed by atoms with van der Waals surface area (Å²) in [5, 5.41) is 14.9. The Morgan fingerprint density at radius 3 is 2.60 bits per heavy atom. The third-order valence-corrected chi connectivity index (χ3v) is 6.84. The van der Waals surface area contributed by atoms with Crippen LogP contribution in [0.5, 0.6) is 5.75 Å². The number of piperidine rings is 1. The van der Waals surface area contributed by atoms with E-state index in [0.717, 1.165) is 35.1 Å². The molecule has 158 valence electrons. The Hall–Kier alpha value is -1.95. The number of ether oxygens (including phenoxy) is 1. The van der Waals surface area contributed by atoms with Crippen molar-refractivity contribution in [2.45, 2.75) is 52.1 Å². The molecule has 0 aliphatic carbocycles. The van der Waals surface area contributed by atoms with E-state index in [0.29, 0.717) is 16.7 Å². The molecule has 4 rings (SSSR count). The van der Waals surface area contributed by atoms with Gasteiger partial charge in [-0.2, -0.15) is 0 Å². The normalized spacial score (nSPS) is 15.0. The summed E-state index contributed by atoms with van der Waals surface area (Å²) in [4.78, 5) is 0. The van der Waals surface area contributed by atoms with E-state index in [4.69, 9.17) is 16.3 Å². The first kappa shape index (κ1) is 21.3. The number of benzene rings is 2. The molecule has 1 aliphatic heterocycles. The van der Waals surface area contributed by atoms with Crippen LogP contribution in [0.1, 0.15) is 50.7 Å². The zero-order valence-electron chi connectivity index (χ0n) is 17.7. The number of rotatable bonds is 6. The largest absolute Gasteiger partial charge is 0.489 e. The molecule has 0 bridgehead atoms. The van der Waals surface area contributed by atoms with Crippen LogP contribution in [0.25, 0.3) is 21.1 Å². The highest BCUT2D eigenvalue weighted by Gasteiger charge is 2.21. The van der Waals surface area contributed by atoms with Gasteiger partial charge in [0.05, 0.1) is 11.1 Å². The van der Waals surface area contributed by atoms with E-state index in [1.54, 1.807) is 11.3 Å². The van der Waals surface area contributed by atoms with Gasteiger partial charge in [0, 0.05) is 11.1 Å². The van der Waals surface area contributed by atoms with E-state index in [9.17, 15) is 0 Å². The SMILES string of the molecule is CCc1c(-c2nnc(-c3ccc(OC(C)C)c(Cl)c3)s2)cccc1C1CCNCC1. The third kappa shape index (κ3) is 4.53. The molecular weight excluding hydrogens is 414 g/mol. The highest BCUT2D eigenvalue weighted by Crippen LogP contribution is 2.38. The third-order valence-electron chi connectivity index (χ3n) is 5.54. The van der Waals surface area contributed by atoms with Crippen LogP contribution in [0, 0.1) is 0 Å². The summed E-state index contributed by atoms with van der Waals surface area (Å²) in [6.45, 7) is 8.41. The summed E-state index contributed by atoms with van der Waals surface area (Å²) in [5.74, 6) is 1.32. The number of hydrogen-bond donors (Lipinski definition) is 1. The average molecular weight is 442 g/mol. The van der Waals surface area contributed by atoms with Crippen molar-refractivity contribution in [3.8, 4) is 26.9 Å². The summed E-state index contributed by atoms with van der Waals surface area (Å²) in [6.07, 6.45) is 3.47. The first-order chi connectivity index (χ1) is 14.6. The lowest BCUT2D eigenvalue weighted by Crippen LogP contribution is -2.27. The maximum Gasteiger partial charge on any atom is 0.148 e. The minimum absolute atomic E-state index is 0.0844. The van der Waals surface area contributed by atoms with Crippen molar-refractivity contribution in [2.24, 2.45) is 0 Å². The van der Waals surface area contributed by atoms with Crippen molar-refractivity contribution in [2.75, 3.05) is 13.1 Å². The Bertz CT molecular complexity index is 1010. The van der Waals surface area contributed by atoms with Crippen LogP contribution < -0.4 is 10.1 Å². The van der Waals surface area contributed by atoms with Gasteiger partial charge in [0.25, 0.3) is 0 Å². The number of halogens is 1. The van der Waals surface area contributed by atoms with E-state index in [-0.39, 0.29) is 6.10 Å². The van der Waals surface area contributed by atoms with Gasteiger partial charge in [-0.05, 0) is 81.4 Å². The van der Waals surface area contributed by atoms with Gasteiger partial charge in [-0.1, -0.05) is 48.1 Å². The predicted molar refractivity (Wildman–Crippen MR) is 126 cm³/mol. The fourth-order valence-corrected chi connectivity index (χ4v) is 5.26. The first-order valence-corrected chi connectivity index (χ1v) is 11.9. The molecule has 1 saturated heterocycles. The summed E-state index contributed by atoms with van der Waals surface area (Å²) in [5.41, 5.74) is 5.06. The quantitative estimate of drug-likeness (QED) is 0.484. The standard InChI is InChI=1S/C24H28ClN3OS/c1-4-18-19(16-10-12-26-13-11-16)6-5-7-20(18)24-28-27-23(30-24)17-8-9-22(21(25)14-17)29-15(2)3/h5-9,14-16,26H,4,10-13H2,1-3H3. The van der Waals surface area contributed by atoms with Crippen LogP contribution in [0.15, 0.2) is 36.4 Å². The molecule has 0 saturated carbocycles. The fourth-order valence-electron chi connectivity index (χ4n) is 4.15. The summed E-state index contributed by atoms with van der Waals surface area (Å²) in [6, 6.07) is 12.5. The zero-order valence-corrected chi connectivity index (χ0v) is 19.3. The van der Waals surface area contributed by atoms with E-state index in [1.165, 1.54) is 29.5 Å². The van der Waals surface area contributed by atoms with Crippen molar-refractivity contribution < 1.29 is 4.74 Å². The molecule has 0 unspecified atom stereocenters. The highest BCUT2D eigenvalue weighted by atomic mass is 35.5. The second-order valence-corrected chi connectivity index (χ2v) is 9.36. The molecule has 2 aromatic carbocycles. The minimum atomic E-state index is 0.0844. The van der Waals surface area contributed by atoms with Crippen LogP contribution in [0.4, 0.5) is 0 Å². The number of nitrogens with one attached hydrogen (secondary N) is 1. The number of aromatic nitrogens is 2. The molecular formula is C24H28ClN3OS. The molecule has 0 atom stereocenters. The van der Waals surface area contributed by atoms with Crippen LogP contribution in [-0.4, -0.2) is 29.4 Å². The molecule has 0 radical (unpaired) electrons. The molecule has 1 fully saturated rings. The summed E-state index contributed by atoms with van der Waals surface area (Å²) < 4.78 is 5.74. The van der Waals surface area contributed by atoms with Crippen molar-refractivity contribution in [1.82, 2.24) is 15.5 Å². The van der Waals surface area contributed by atoms with Gasteiger partial charge in [-0.15, -0.1) is 10.2 Å². The lowest BCUT2D eigenvalue weighted by molar-refractivity contribution is 0.242. The van der Waals surface area contributed by atoms with Gasteiger partial charge in [-0.3, -0.25) is 0 Å². The average Bonchev–Trinajstić information content (AvgIpc) is 3.25. The molecule has 1 N–H and O–H groups in total. The highest BCUT2D eigenvalue weighted by molar-refractivity contribution is 7.17. The van der Waals surface area contributed by atoms with Crippen molar-refractivity contribution >= 4 is 22.9 Å². The lowest BCUT2D eigenvalue weighted by Gasteiger charge is -2.26. The fraction of sp³-hybridized carbons (Fsp3) is 0.417. The van der Waals surface area contributed by atoms with Crippen molar-refractivity contribution in [3.63, 3.8) is 0 Å². The van der Waals surface area contributed by atoms with E-state index < -0.39 is 0 Å². The predicted octanol–water partition coefficient (Wildman–Crippen LogP) is 6.34. The maximum absolute atomic E-state index is 6.43. The Labute approximate surface area is 187 Å². The smallest absolute Gasteiger partial charge is 0.148 e.